The van der Waals surface area contributed by atoms with Crippen LogP contribution in [0.2, 0.25) is 9.36 Å². The van der Waals surface area contributed by atoms with Crippen molar-refractivity contribution in [1.29, 1.82) is 0 Å². The Balaban J connectivity index is 2.10. The lowest BCUT2D eigenvalue weighted by molar-refractivity contribution is 0.415. The SMILES string of the molecule is COc1ccc(CNS(=O)(=O)c2ccc(Cl)s2)cc1Cl. The van der Waals surface area contributed by atoms with E-state index in [1.54, 1.807) is 24.3 Å². The van der Waals surface area contributed by atoms with Gasteiger partial charge in [0.25, 0.3) is 0 Å². The molecule has 2 rings (SSSR count). The Bertz CT molecular complexity index is 713. The predicted octanol–water partition coefficient (Wildman–Crippen LogP) is 3.54. The molecule has 0 fully saturated rings. The highest BCUT2D eigenvalue weighted by Crippen LogP contribution is 2.27. The number of hydrogen-bond acceptors (Lipinski definition) is 4. The van der Waals surface area contributed by atoms with Crippen LogP contribution in [-0.2, 0) is 16.6 Å². The summed E-state index contributed by atoms with van der Waals surface area (Å²) in [5.74, 6) is 0.545. The van der Waals surface area contributed by atoms with E-state index in [2.05, 4.69) is 4.72 Å². The molecule has 1 heterocycles. The van der Waals surface area contributed by atoms with Crippen LogP contribution in [0.3, 0.4) is 0 Å². The number of rotatable bonds is 5. The smallest absolute Gasteiger partial charge is 0.250 e. The molecule has 1 aromatic heterocycles. The van der Waals surface area contributed by atoms with Crippen molar-refractivity contribution < 1.29 is 13.2 Å². The maximum Gasteiger partial charge on any atom is 0.250 e. The van der Waals surface area contributed by atoms with Crippen LogP contribution in [0.15, 0.2) is 34.5 Å². The summed E-state index contributed by atoms with van der Waals surface area (Å²) < 4.78 is 32.2. The minimum atomic E-state index is -3.56. The van der Waals surface area contributed by atoms with E-state index in [0.717, 1.165) is 16.9 Å². The number of sulfonamides is 1. The van der Waals surface area contributed by atoms with Gasteiger partial charge in [-0.05, 0) is 29.8 Å². The largest absolute Gasteiger partial charge is 0.495 e. The molecule has 0 unspecified atom stereocenters. The van der Waals surface area contributed by atoms with Gasteiger partial charge in [0.2, 0.25) is 10.0 Å². The number of benzene rings is 1. The minimum absolute atomic E-state index is 0.140. The van der Waals surface area contributed by atoms with E-state index in [0.29, 0.717) is 15.1 Å². The van der Waals surface area contributed by atoms with E-state index < -0.39 is 10.0 Å². The molecule has 20 heavy (non-hydrogen) atoms. The van der Waals surface area contributed by atoms with E-state index in [1.807, 2.05) is 0 Å². The molecule has 0 spiro atoms. The van der Waals surface area contributed by atoms with Crippen molar-refractivity contribution in [3.8, 4) is 5.75 Å². The van der Waals surface area contributed by atoms with Crippen molar-refractivity contribution in [2.45, 2.75) is 10.8 Å². The zero-order valence-corrected chi connectivity index (χ0v) is 13.5. The van der Waals surface area contributed by atoms with E-state index in [9.17, 15) is 8.42 Å². The molecule has 1 aromatic carbocycles. The van der Waals surface area contributed by atoms with Crippen LogP contribution in [0.1, 0.15) is 5.56 Å². The van der Waals surface area contributed by atoms with E-state index in [-0.39, 0.29) is 10.8 Å². The maximum atomic E-state index is 12.0. The van der Waals surface area contributed by atoms with Crippen molar-refractivity contribution in [2.75, 3.05) is 7.11 Å². The second kappa shape index (κ2) is 6.32. The summed E-state index contributed by atoms with van der Waals surface area (Å²) >= 11 is 12.7. The lowest BCUT2D eigenvalue weighted by Gasteiger charge is -2.07. The quantitative estimate of drug-likeness (QED) is 0.896. The molecule has 0 aliphatic heterocycles. The molecule has 0 amide bonds. The normalized spacial score (nSPS) is 11.6. The van der Waals surface area contributed by atoms with Crippen molar-refractivity contribution in [1.82, 2.24) is 4.72 Å². The van der Waals surface area contributed by atoms with Gasteiger partial charge in [-0.2, -0.15) is 0 Å². The molecule has 0 bridgehead atoms. The second-order valence-electron chi connectivity index (χ2n) is 3.85. The molecule has 0 radical (unpaired) electrons. The van der Waals surface area contributed by atoms with E-state index in [4.69, 9.17) is 27.9 Å². The first kappa shape index (κ1) is 15.6. The van der Waals surface area contributed by atoms with Crippen LogP contribution in [0.25, 0.3) is 0 Å². The summed E-state index contributed by atoms with van der Waals surface area (Å²) in [5.41, 5.74) is 0.738. The summed E-state index contributed by atoms with van der Waals surface area (Å²) in [7, 11) is -2.04. The van der Waals surface area contributed by atoms with Gasteiger partial charge in [-0.25, -0.2) is 13.1 Å². The van der Waals surface area contributed by atoms with Crippen molar-refractivity contribution in [3.05, 3.63) is 45.3 Å². The molecule has 2 aromatic rings. The first-order valence-electron chi connectivity index (χ1n) is 5.50. The average molecular weight is 352 g/mol. The van der Waals surface area contributed by atoms with Crippen LogP contribution < -0.4 is 9.46 Å². The molecule has 0 aliphatic carbocycles. The topological polar surface area (TPSA) is 55.4 Å². The molecule has 0 aliphatic rings. The molecule has 108 valence electrons. The Hall–Kier alpha value is -0.790. The number of ether oxygens (including phenoxy) is 1. The van der Waals surface area contributed by atoms with Gasteiger partial charge in [-0.1, -0.05) is 29.3 Å². The first-order chi connectivity index (χ1) is 9.42. The monoisotopic (exact) mass is 351 g/mol. The van der Waals surface area contributed by atoms with Gasteiger partial charge in [0, 0.05) is 6.54 Å². The van der Waals surface area contributed by atoms with Gasteiger partial charge in [0.1, 0.15) is 9.96 Å². The summed E-state index contributed by atoms with van der Waals surface area (Å²) in [6.07, 6.45) is 0. The summed E-state index contributed by atoms with van der Waals surface area (Å²) in [5, 5.41) is 0.434. The Morgan fingerprint density at radius 3 is 2.55 bits per heavy atom. The molecular formula is C12H11Cl2NO3S2. The highest BCUT2D eigenvalue weighted by atomic mass is 35.5. The summed E-state index contributed by atoms with van der Waals surface area (Å²) in [4.78, 5) is 0. The third-order valence-corrected chi connectivity index (χ3v) is 5.92. The Kier molecular flexibility index (Phi) is 4.93. The lowest BCUT2D eigenvalue weighted by Crippen LogP contribution is -2.22. The maximum absolute atomic E-state index is 12.0. The molecule has 8 heteroatoms. The van der Waals surface area contributed by atoms with Crippen LogP contribution in [0.5, 0.6) is 5.75 Å². The molecule has 4 nitrogen and oxygen atoms in total. The van der Waals surface area contributed by atoms with Gasteiger partial charge in [0.15, 0.2) is 0 Å². The average Bonchev–Trinajstić information content (AvgIpc) is 2.84. The van der Waals surface area contributed by atoms with E-state index >= 15 is 0 Å². The lowest BCUT2D eigenvalue weighted by atomic mass is 10.2. The minimum Gasteiger partial charge on any atom is -0.495 e. The Morgan fingerprint density at radius 1 is 1.25 bits per heavy atom. The van der Waals surface area contributed by atoms with Crippen LogP contribution >= 0.6 is 34.5 Å². The highest BCUT2D eigenvalue weighted by Gasteiger charge is 2.16. The third kappa shape index (κ3) is 3.65. The number of thiophene rings is 1. The summed E-state index contributed by atoms with van der Waals surface area (Å²) in [6, 6.07) is 8.11. The van der Waals surface area contributed by atoms with Crippen molar-refractivity contribution in [2.24, 2.45) is 0 Å². The number of hydrogen-bond donors (Lipinski definition) is 1. The first-order valence-corrected chi connectivity index (χ1v) is 8.55. The zero-order chi connectivity index (χ0) is 14.8. The predicted molar refractivity (Wildman–Crippen MR) is 81.4 cm³/mol. The molecular weight excluding hydrogens is 341 g/mol. The fourth-order valence-electron chi connectivity index (χ4n) is 1.51. The number of methoxy groups -OCH3 is 1. The van der Waals surface area contributed by atoms with Gasteiger partial charge in [-0.3, -0.25) is 0 Å². The van der Waals surface area contributed by atoms with Gasteiger partial charge in [0.05, 0.1) is 16.5 Å². The van der Waals surface area contributed by atoms with Crippen molar-refractivity contribution in [3.63, 3.8) is 0 Å². The number of halogens is 2. The van der Waals surface area contributed by atoms with Crippen molar-refractivity contribution >= 4 is 44.6 Å². The third-order valence-electron chi connectivity index (χ3n) is 2.50. The van der Waals surface area contributed by atoms with Crippen LogP contribution in [0, 0.1) is 0 Å². The van der Waals surface area contributed by atoms with Gasteiger partial charge in [-0.15, -0.1) is 11.3 Å². The summed E-state index contributed by atoms with van der Waals surface area (Å²) in [6.45, 7) is 0.140. The fourth-order valence-corrected chi connectivity index (χ4v) is 4.34. The standard InChI is InChI=1S/C12H11Cl2NO3S2/c1-18-10-3-2-8(6-9(10)13)7-15-20(16,17)12-5-4-11(14)19-12/h2-6,15H,7H2,1H3. The molecule has 0 saturated heterocycles. The Morgan fingerprint density at radius 2 is 2.00 bits per heavy atom. The zero-order valence-electron chi connectivity index (χ0n) is 10.4. The van der Waals surface area contributed by atoms with E-state index in [1.165, 1.54) is 13.2 Å². The van der Waals surface area contributed by atoms with Gasteiger partial charge < -0.3 is 4.74 Å². The fraction of sp³-hybridized carbons (Fsp3) is 0.167. The Labute approximate surface area is 131 Å². The molecule has 1 N–H and O–H groups in total. The van der Waals surface area contributed by atoms with Crippen LogP contribution in [0.4, 0.5) is 0 Å². The highest BCUT2D eigenvalue weighted by molar-refractivity contribution is 7.91. The molecule has 0 saturated carbocycles. The second-order valence-corrected chi connectivity index (χ2v) is 7.97. The van der Waals surface area contributed by atoms with Gasteiger partial charge >= 0.3 is 0 Å². The number of nitrogens with one attached hydrogen (secondary N) is 1. The van der Waals surface area contributed by atoms with Crippen LogP contribution in [-0.4, -0.2) is 15.5 Å². The molecule has 0 atom stereocenters.